The molecule has 0 unspecified atom stereocenters. The highest BCUT2D eigenvalue weighted by molar-refractivity contribution is 5.74. The first kappa shape index (κ1) is 18.7. The highest BCUT2D eigenvalue weighted by Gasteiger charge is 2.19. The minimum atomic E-state index is -0.433. The van der Waals surface area contributed by atoms with Crippen LogP contribution < -0.4 is 16.6 Å². The predicted octanol–water partition coefficient (Wildman–Crippen LogP) is 2.23. The van der Waals surface area contributed by atoms with Crippen LogP contribution in [-0.4, -0.2) is 18.7 Å². The number of hydrogen-bond acceptors (Lipinski definition) is 4. The molecule has 4 aromatic rings. The number of hydrogen-bond donors (Lipinski definition) is 1. The number of aromatic nitrogens is 4. The molecular weight excluding hydrogens is 373 g/mol. The quantitative estimate of drug-likeness (QED) is 0.564. The predicted molar refractivity (Wildman–Crippen MR) is 109 cm³/mol. The van der Waals surface area contributed by atoms with E-state index >= 15 is 0 Å². The lowest BCUT2D eigenvalue weighted by atomic mass is 10.2. The zero-order chi connectivity index (χ0) is 20.5. The van der Waals surface area contributed by atoms with Crippen molar-refractivity contribution in [2.45, 2.75) is 13.1 Å². The molecule has 0 radical (unpaired) electrons. The molecule has 0 fully saturated rings. The van der Waals surface area contributed by atoms with Crippen LogP contribution in [0.2, 0.25) is 0 Å². The summed E-state index contributed by atoms with van der Waals surface area (Å²) < 4.78 is 17.4. The molecule has 0 spiro atoms. The third-order valence-corrected chi connectivity index (χ3v) is 4.90. The standard InChI is InChI=1S/C21H20FN5O2/c1-25-18-17(19(28)26(2)21(25)29)27(13-15-6-4-3-5-7-15)20(24-18)23-12-14-8-10-16(22)11-9-14/h3-11H,12-13H2,1-2H3,(H,23,24). The summed E-state index contributed by atoms with van der Waals surface area (Å²) in [4.78, 5) is 29.7. The normalized spacial score (nSPS) is 11.1. The van der Waals surface area contributed by atoms with E-state index < -0.39 is 11.2 Å². The third-order valence-electron chi connectivity index (χ3n) is 4.90. The Kier molecular flexibility index (Phi) is 4.75. The maximum Gasteiger partial charge on any atom is 0.332 e. The molecule has 1 N–H and O–H groups in total. The van der Waals surface area contributed by atoms with Gasteiger partial charge in [-0.1, -0.05) is 42.5 Å². The van der Waals surface area contributed by atoms with Gasteiger partial charge in [0, 0.05) is 20.6 Å². The van der Waals surface area contributed by atoms with Crippen molar-refractivity contribution in [2.75, 3.05) is 5.32 Å². The minimum Gasteiger partial charge on any atom is -0.351 e. The van der Waals surface area contributed by atoms with E-state index in [0.717, 1.165) is 15.7 Å². The summed E-state index contributed by atoms with van der Waals surface area (Å²) in [5.41, 5.74) is 1.69. The first-order valence-corrected chi connectivity index (χ1v) is 9.14. The summed E-state index contributed by atoms with van der Waals surface area (Å²) in [7, 11) is 3.04. The van der Waals surface area contributed by atoms with Gasteiger partial charge in [0.05, 0.1) is 6.54 Å². The lowest BCUT2D eigenvalue weighted by molar-refractivity contribution is 0.627. The van der Waals surface area contributed by atoms with E-state index in [4.69, 9.17) is 0 Å². The SMILES string of the molecule is Cn1c(=O)c2c(nc(NCc3ccc(F)cc3)n2Cc2ccccc2)n(C)c1=O. The summed E-state index contributed by atoms with van der Waals surface area (Å²) in [5, 5.41) is 3.22. The lowest BCUT2D eigenvalue weighted by Crippen LogP contribution is -2.37. The summed E-state index contributed by atoms with van der Waals surface area (Å²) in [6.07, 6.45) is 0. The molecule has 0 saturated carbocycles. The molecule has 0 amide bonds. The zero-order valence-electron chi connectivity index (χ0n) is 16.1. The maximum atomic E-state index is 13.2. The molecule has 0 aliphatic rings. The Morgan fingerprint density at radius 1 is 0.931 bits per heavy atom. The fourth-order valence-electron chi connectivity index (χ4n) is 3.28. The molecule has 8 heteroatoms. The molecule has 0 saturated heterocycles. The Morgan fingerprint density at radius 3 is 2.31 bits per heavy atom. The number of halogens is 1. The number of nitrogens with one attached hydrogen (secondary N) is 1. The van der Waals surface area contributed by atoms with Crippen molar-refractivity contribution in [3.63, 3.8) is 0 Å². The molecule has 0 aliphatic carbocycles. The number of anilines is 1. The number of benzene rings is 2. The zero-order valence-corrected chi connectivity index (χ0v) is 16.1. The van der Waals surface area contributed by atoms with Crippen LogP contribution in [0.4, 0.5) is 10.3 Å². The van der Waals surface area contributed by atoms with Crippen LogP contribution in [-0.2, 0) is 27.2 Å². The van der Waals surface area contributed by atoms with E-state index in [-0.39, 0.29) is 5.82 Å². The van der Waals surface area contributed by atoms with Gasteiger partial charge in [0.2, 0.25) is 5.95 Å². The van der Waals surface area contributed by atoms with Gasteiger partial charge in [-0.25, -0.2) is 9.18 Å². The first-order valence-electron chi connectivity index (χ1n) is 9.14. The Bertz CT molecular complexity index is 1290. The van der Waals surface area contributed by atoms with Crippen molar-refractivity contribution in [1.82, 2.24) is 18.7 Å². The third kappa shape index (κ3) is 3.44. The molecule has 0 atom stereocenters. The van der Waals surface area contributed by atoms with E-state index in [2.05, 4.69) is 10.3 Å². The summed E-state index contributed by atoms with van der Waals surface area (Å²) in [5.74, 6) is 0.162. The molecule has 4 rings (SSSR count). The van der Waals surface area contributed by atoms with Gasteiger partial charge in [-0.15, -0.1) is 0 Å². The molecule has 0 aliphatic heterocycles. The van der Waals surface area contributed by atoms with Gasteiger partial charge in [-0.05, 0) is 23.3 Å². The lowest BCUT2D eigenvalue weighted by Gasteiger charge is -2.11. The monoisotopic (exact) mass is 393 g/mol. The number of nitrogens with zero attached hydrogens (tertiary/aromatic N) is 4. The molecule has 29 heavy (non-hydrogen) atoms. The Hall–Kier alpha value is -3.68. The smallest absolute Gasteiger partial charge is 0.332 e. The average Bonchev–Trinajstić information content (AvgIpc) is 3.09. The van der Waals surface area contributed by atoms with Crippen LogP contribution in [0.1, 0.15) is 11.1 Å². The van der Waals surface area contributed by atoms with Gasteiger partial charge in [-0.3, -0.25) is 18.5 Å². The highest BCUT2D eigenvalue weighted by Crippen LogP contribution is 2.18. The summed E-state index contributed by atoms with van der Waals surface area (Å²) >= 11 is 0. The molecule has 7 nitrogen and oxygen atoms in total. The van der Waals surface area contributed by atoms with Crippen molar-refractivity contribution in [3.05, 3.63) is 92.4 Å². The summed E-state index contributed by atoms with van der Waals surface area (Å²) in [6, 6.07) is 15.8. The Morgan fingerprint density at radius 2 is 1.62 bits per heavy atom. The van der Waals surface area contributed by atoms with Crippen LogP contribution in [0.15, 0.2) is 64.2 Å². The Labute approximate surface area is 165 Å². The minimum absolute atomic E-state index is 0.302. The molecule has 2 aromatic carbocycles. The molecule has 2 heterocycles. The number of fused-ring (bicyclic) bond motifs is 1. The second-order valence-corrected chi connectivity index (χ2v) is 6.87. The van der Waals surface area contributed by atoms with E-state index in [1.54, 1.807) is 23.7 Å². The number of aryl methyl sites for hydroxylation is 1. The largest absolute Gasteiger partial charge is 0.351 e. The second-order valence-electron chi connectivity index (χ2n) is 6.87. The van der Waals surface area contributed by atoms with Crippen molar-refractivity contribution >= 4 is 17.1 Å². The van der Waals surface area contributed by atoms with Crippen LogP contribution >= 0.6 is 0 Å². The summed E-state index contributed by atoms with van der Waals surface area (Å²) in [6.45, 7) is 0.809. The molecule has 148 valence electrons. The van der Waals surface area contributed by atoms with E-state index in [0.29, 0.717) is 30.2 Å². The van der Waals surface area contributed by atoms with Gasteiger partial charge >= 0.3 is 5.69 Å². The van der Waals surface area contributed by atoms with Crippen LogP contribution in [0.5, 0.6) is 0 Å². The van der Waals surface area contributed by atoms with Crippen molar-refractivity contribution < 1.29 is 4.39 Å². The van der Waals surface area contributed by atoms with Gasteiger partial charge < -0.3 is 5.32 Å². The fraction of sp³-hybridized carbons (Fsp3) is 0.190. The Balaban J connectivity index is 1.83. The molecular formula is C21H20FN5O2. The number of imidazole rings is 1. The van der Waals surface area contributed by atoms with Crippen LogP contribution in [0.25, 0.3) is 11.2 Å². The van der Waals surface area contributed by atoms with Crippen LogP contribution in [0.3, 0.4) is 0 Å². The second kappa shape index (κ2) is 7.38. The van der Waals surface area contributed by atoms with Gasteiger partial charge in [-0.2, -0.15) is 4.98 Å². The van der Waals surface area contributed by atoms with Gasteiger partial charge in [0.1, 0.15) is 5.82 Å². The fourth-order valence-corrected chi connectivity index (χ4v) is 3.28. The van der Waals surface area contributed by atoms with Gasteiger partial charge in [0.15, 0.2) is 11.2 Å². The van der Waals surface area contributed by atoms with E-state index in [1.807, 2.05) is 30.3 Å². The van der Waals surface area contributed by atoms with Crippen molar-refractivity contribution in [3.8, 4) is 0 Å². The molecule has 2 aromatic heterocycles. The van der Waals surface area contributed by atoms with Crippen LogP contribution in [0, 0.1) is 5.82 Å². The maximum absolute atomic E-state index is 13.2. The van der Waals surface area contributed by atoms with E-state index in [9.17, 15) is 14.0 Å². The van der Waals surface area contributed by atoms with Crippen molar-refractivity contribution in [1.29, 1.82) is 0 Å². The van der Waals surface area contributed by atoms with Crippen molar-refractivity contribution in [2.24, 2.45) is 14.1 Å². The topological polar surface area (TPSA) is 73.8 Å². The van der Waals surface area contributed by atoms with E-state index in [1.165, 1.54) is 23.7 Å². The highest BCUT2D eigenvalue weighted by atomic mass is 19.1. The van der Waals surface area contributed by atoms with Gasteiger partial charge in [0.25, 0.3) is 5.56 Å². The number of rotatable bonds is 5. The first-order chi connectivity index (χ1) is 14.0. The molecule has 0 bridgehead atoms. The average molecular weight is 393 g/mol.